The molecule has 0 aromatic heterocycles. The summed E-state index contributed by atoms with van der Waals surface area (Å²) in [5, 5.41) is 9.95. The smallest absolute Gasteiger partial charge is 0.314 e. The molecule has 0 atom stereocenters. The summed E-state index contributed by atoms with van der Waals surface area (Å²) in [6.07, 6.45) is 4.30. The van der Waals surface area contributed by atoms with Crippen LogP contribution in [0.4, 0.5) is 0 Å². The predicted octanol–water partition coefficient (Wildman–Crippen LogP) is 3.82. The van der Waals surface area contributed by atoms with Gasteiger partial charge < -0.3 is 14.6 Å². The van der Waals surface area contributed by atoms with Gasteiger partial charge in [0.1, 0.15) is 13.2 Å². The van der Waals surface area contributed by atoms with E-state index in [1.54, 1.807) is 0 Å². The highest BCUT2D eigenvalue weighted by Crippen LogP contribution is 2.50. The van der Waals surface area contributed by atoms with E-state index < -0.39 is 11.4 Å². The molecule has 1 aromatic carbocycles. The van der Waals surface area contributed by atoms with E-state index in [2.05, 4.69) is 15.9 Å². The normalized spacial score (nSPS) is 20.1. The summed E-state index contributed by atoms with van der Waals surface area (Å²) < 4.78 is 12.4. The number of carboxylic acid groups (broad SMARTS) is 1. The number of fused-ring (bicyclic) bond motifs is 1. The highest BCUT2D eigenvalue weighted by Gasteiger charge is 2.46. The second-order valence-corrected chi connectivity index (χ2v) is 6.68. The Labute approximate surface area is 132 Å². The van der Waals surface area contributed by atoms with Gasteiger partial charge in [-0.15, -0.1) is 0 Å². The van der Waals surface area contributed by atoms with Crippen LogP contribution in [-0.2, 0) is 10.2 Å². The zero-order valence-electron chi connectivity index (χ0n) is 12.1. The zero-order chi connectivity index (χ0) is 15.0. The number of aliphatic carboxylic acids is 1. The van der Waals surface area contributed by atoms with E-state index in [1.165, 1.54) is 0 Å². The maximum absolute atomic E-state index is 12.1. The molecule has 1 N–H and O–H groups in total. The van der Waals surface area contributed by atoms with Crippen molar-refractivity contribution in [2.45, 2.75) is 44.4 Å². The number of benzene rings is 1. The second kappa shape index (κ2) is 5.52. The van der Waals surface area contributed by atoms with Gasteiger partial charge in [0.05, 0.1) is 5.41 Å². The fourth-order valence-electron chi connectivity index (χ4n) is 3.55. The summed E-state index contributed by atoms with van der Waals surface area (Å²) in [4.78, 5) is 12.1. The molecule has 0 saturated heterocycles. The standard InChI is InChI=1S/C16H19BrO4/c1-10-11(17)9-12-14(21-8-7-20-12)13(10)16(15(18)19)5-3-2-4-6-16/h9H,2-8H2,1H3,(H,18,19). The van der Waals surface area contributed by atoms with Crippen LogP contribution >= 0.6 is 15.9 Å². The molecule has 1 heterocycles. The van der Waals surface area contributed by atoms with Crippen LogP contribution in [0.2, 0.25) is 0 Å². The lowest BCUT2D eigenvalue weighted by molar-refractivity contribution is -0.145. The molecular weight excluding hydrogens is 336 g/mol. The van der Waals surface area contributed by atoms with Crippen molar-refractivity contribution in [3.8, 4) is 11.5 Å². The van der Waals surface area contributed by atoms with Gasteiger partial charge in [-0.3, -0.25) is 4.79 Å². The quantitative estimate of drug-likeness (QED) is 0.876. The van der Waals surface area contributed by atoms with Crippen LogP contribution in [0, 0.1) is 6.92 Å². The molecule has 0 bridgehead atoms. The SMILES string of the molecule is Cc1c(Br)cc2c(c1C1(C(=O)O)CCCCC1)OCCO2. The molecule has 5 heteroatoms. The van der Waals surface area contributed by atoms with Gasteiger partial charge in [-0.25, -0.2) is 0 Å². The van der Waals surface area contributed by atoms with Gasteiger partial charge in [0.2, 0.25) is 0 Å². The van der Waals surface area contributed by atoms with Gasteiger partial charge in [0.15, 0.2) is 11.5 Å². The van der Waals surface area contributed by atoms with E-state index in [0.717, 1.165) is 34.9 Å². The van der Waals surface area contributed by atoms with Crippen molar-refractivity contribution < 1.29 is 19.4 Å². The zero-order valence-corrected chi connectivity index (χ0v) is 13.7. The van der Waals surface area contributed by atoms with Crippen molar-refractivity contribution in [2.75, 3.05) is 13.2 Å². The third-order valence-electron chi connectivity index (χ3n) is 4.62. The Morgan fingerprint density at radius 1 is 1.24 bits per heavy atom. The monoisotopic (exact) mass is 354 g/mol. The van der Waals surface area contributed by atoms with Gasteiger partial charge in [0, 0.05) is 10.0 Å². The van der Waals surface area contributed by atoms with Crippen LogP contribution in [0.25, 0.3) is 0 Å². The minimum Gasteiger partial charge on any atom is -0.486 e. The van der Waals surface area contributed by atoms with Gasteiger partial charge in [0.25, 0.3) is 0 Å². The van der Waals surface area contributed by atoms with Gasteiger partial charge in [-0.05, 0) is 31.4 Å². The minimum atomic E-state index is -0.850. The first-order chi connectivity index (χ1) is 10.1. The first-order valence-electron chi connectivity index (χ1n) is 7.39. The molecule has 1 aromatic rings. The molecule has 1 aliphatic heterocycles. The van der Waals surface area contributed by atoms with Crippen LogP contribution in [0.1, 0.15) is 43.2 Å². The van der Waals surface area contributed by atoms with Crippen molar-refractivity contribution in [1.82, 2.24) is 0 Å². The van der Waals surface area contributed by atoms with E-state index in [9.17, 15) is 9.90 Å². The molecule has 4 nitrogen and oxygen atoms in total. The van der Waals surface area contributed by atoms with Crippen LogP contribution in [0.3, 0.4) is 0 Å². The summed E-state index contributed by atoms with van der Waals surface area (Å²) in [6, 6.07) is 1.88. The Bertz CT molecular complexity index is 576. The largest absolute Gasteiger partial charge is 0.486 e. The molecule has 0 spiro atoms. The van der Waals surface area contributed by atoms with Crippen molar-refractivity contribution in [3.05, 3.63) is 21.7 Å². The lowest BCUT2D eigenvalue weighted by Crippen LogP contribution is -2.39. The first-order valence-corrected chi connectivity index (χ1v) is 8.18. The number of carbonyl (C=O) groups is 1. The summed E-state index contributed by atoms with van der Waals surface area (Å²) in [5.74, 6) is 0.533. The molecule has 3 rings (SSSR count). The number of carboxylic acids is 1. The van der Waals surface area contributed by atoms with E-state index in [1.807, 2.05) is 13.0 Å². The van der Waals surface area contributed by atoms with Crippen molar-refractivity contribution in [1.29, 1.82) is 0 Å². The van der Waals surface area contributed by atoms with E-state index >= 15 is 0 Å². The highest BCUT2D eigenvalue weighted by molar-refractivity contribution is 9.10. The molecule has 0 amide bonds. The number of rotatable bonds is 2. The lowest BCUT2D eigenvalue weighted by atomic mass is 9.67. The number of ether oxygens (including phenoxy) is 2. The number of hydrogen-bond donors (Lipinski definition) is 1. The molecule has 2 aliphatic rings. The van der Waals surface area contributed by atoms with Crippen LogP contribution < -0.4 is 9.47 Å². The summed E-state index contributed by atoms with van der Waals surface area (Å²) in [7, 11) is 0. The Hall–Kier alpha value is -1.23. The van der Waals surface area contributed by atoms with Gasteiger partial charge in [-0.1, -0.05) is 35.2 Å². The Kier molecular flexibility index (Phi) is 3.86. The molecule has 114 valence electrons. The first kappa shape index (κ1) is 14.7. The average molecular weight is 355 g/mol. The Morgan fingerprint density at radius 3 is 2.57 bits per heavy atom. The number of halogens is 1. The van der Waals surface area contributed by atoms with E-state index in [0.29, 0.717) is 37.6 Å². The number of hydrogen-bond acceptors (Lipinski definition) is 3. The summed E-state index contributed by atoms with van der Waals surface area (Å²) >= 11 is 3.54. The molecule has 1 saturated carbocycles. The maximum Gasteiger partial charge on any atom is 0.314 e. The molecule has 0 radical (unpaired) electrons. The lowest BCUT2D eigenvalue weighted by Gasteiger charge is -2.37. The van der Waals surface area contributed by atoms with Crippen molar-refractivity contribution >= 4 is 21.9 Å². The predicted molar refractivity (Wildman–Crippen MR) is 82.3 cm³/mol. The summed E-state index contributed by atoms with van der Waals surface area (Å²) in [5.41, 5.74) is 0.902. The summed E-state index contributed by atoms with van der Waals surface area (Å²) in [6.45, 7) is 2.93. The van der Waals surface area contributed by atoms with E-state index in [4.69, 9.17) is 9.47 Å². The minimum absolute atomic E-state index is 0.469. The van der Waals surface area contributed by atoms with Crippen molar-refractivity contribution in [2.24, 2.45) is 0 Å². The molecular formula is C16H19BrO4. The average Bonchev–Trinajstić information content (AvgIpc) is 2.49. The Balaban J connectivity index is 2.24. The molecule has 1 aliphatic carbocycles. The van der Waals surface area contributed by atoms with Crippen LogP contribution in [-0.4, -0.2) is 24.3 Å². The molecule has 0 unspecified atom stereocenters. The highest BCUT2D eigenvalue weighted by atomic mass is 79.9. The third kappa shape index (κ3) is 2.31. The fraction of sp³-hybridized carbons (Fsp3) is 0.562. The van der Waals surface area contributed by atoms with Gasteiger partial charge in [-0.2, -0.15) is 0 Å². The second-order valence-electron chi connectivity index (χ2n) is 5.83. The van der Waals surface area contributed by atoms with Crippen molar-refractivity contribution in [3.63, 3.8) is 0 Å². The molecule has 21 heavy (non-hydrogen) atoms. The van der Waals surface area contributed by atoms with Crippen LogP contribution in [0.5, 0.6) is 11.5 Å². The maximum atomic E-state index is 12.1. The third-order valence-corrected chi connectivity index (χ3v) is 5.45. The van der Waals surface area contributed by atoms with E-state index in [-0.39, 0.29) is 0 Å². The molecule has 1 fully saturated rings. The Morgan fingerprint density at radius 2 is 1.90 bits per heavy atom. The topological polar surface area (TPSA) is 55.8 Å². The van der Waals surface area contributed by atoms with Crippen LogP contribution in [0.15, 0.2) is 10.5 Å². The fourth-order valence-corrected chi connectivity index (χ4v) is 3.96. The van der Waals surface area contributed by atoms with Gasteiger partial charge >= 0.3 is 5.97 Å².